The Morgan fingerprint density at radius 2 is 1.80 bits per heavy atom. The van der Waals surface area contributed by atoms with Crippen LogP contribution in [0.2, 0.25) is 5.02 Å². The van der Waals surface area contributed by atoms with E-state index in [1.165, 1.54) is 22.2 Å². The van der Waals surface area contributed by atoms with Gasteiger partial charge < -0.3 is 5.32 Å². The quantitative estimate of drug-likeness (QED) is 0.170. The van der Waals surface area contributed by atoms with Crippen molar-refractivity contribution in [2.75, 3.05) is 17.6 Å². The van der Waals surface area contributed by atoms with Crippen LogP contribution < -0.4 is 10.9 Å². The van der Waals surface area contributed by atoms with Crippen molar-refractivity contribution >= 4 is 56.5 Å². The summed E-state index contributed by atoms with van der Waals surface area (Å²) in [4.78, 5) is 36.2. The van der Waals surface area contributed by atoms with Gasteiger partial charge in [0.2, 0.25) is 5.91 Å². The minimum absolute atomic E-state index is 0.0801. The Morgan fingerprint density at radius 1 is 1.05 bits per heavy atom. The number of halogens is 1. The Kier molecular flexibility index (Phi) is 7.76. The second-order valence-corrected chi connectivity index (χ2v) is 12.3. The third-order valence-corrected chi connectivity index (χ3v) is 9.23. The van der Waals surface area contributed by atoms with E-state index in [0.29, 0.717) is 21.3 Å². The van der Waals surface area contributed by atoms with E-state index in [1.807, 2.05) is 37.3 Å². The van der Waals surface area contributed by atoms with Crippen molar-refractivity contribution in [1.82, 2.24) is 14.5 Å². The van der Waals surface area contributed by atoms with Crippen LogP contribution in [0.5, 0.6) is 0 Å². The lowest BCUT2D eigenvalue weighted by molar-refractivity contribution is -0.113. The number of carbonyl (C=O) groups excluding carboxylic acids is 1. The van der Waals surface area contributed by atoms with E-state index in [-0.39, 0.29) is 17.2 Å². The van der Waals surface area contributed by atoms with Gasteiger partial charge in [-0.25, -0.2) is 4.98 Å². The lowest BCUT2D eigenvalue weighted by Gasteiger charge is -2.26. The lowest BCUT2D eigenvalue weighted by Crippen LogP contribution is -2.30. The molecule has 3 heterocycles. The highest BCUT2D eigenvalue weighted by atomic mass is 35.5. The Morgan fingerprint density at radius 3 is 2.55 bits per heavy atom. The van der Waals surface area contributed by atoms with Crippen LogP contribution in [-0.4, -0.2) is 32.7 Å². The zero-order valence-electron chi connectivity index (χ0n) is 21.9. The number of benzene rings is 3. The maximum atomic E-state index is 14.1. The zero-order chi connectivity index (χ0) is 27.6. The van der Waals surface area contributed by atoms with Gasteiger partial charge in [0.1, 0.15) is 4.83 Å². The van der Waals surface area contributed by atoms with Gasteiger partial charge in [-0.05, 0) is 60.9 Å². The standard InChI is InChI=1S/C31H27ClN4O2S2/c1-20-7-13-24(14-8-20)36-30(38)28-25-15-16-35(17-21-5-3-2-4-6-21)18-26(25)40-29(28)34-31(36)39-19-27(37)33-23-11-9-22(32)10-12-23/h2-14H,15-19H2,1H3,(H,33,37). The number of anilines is 1. The second-order valence-electron chi connectivity index (χ2n) is 9.84. The molecule has 1 N–H and O–H groups in total. The molecule has 9 heteroatoms. The molecular formula is C31H27ClN4O2S2. The van der Waals surface area contributed by atoms with Crippen molar-refractivity contribution in [1.29, 1.82) is 0 Å². The Bertz CT molecular complexity index is 1730. The van der Waals surface area contributed by atoms with E-state index in [2.05, 4.69) is 34.5 Å². The summed E-state index contributed by atoms with van der Waals surface area (Å²) in [6.45, 7) is 4.57. The fraction of sp³-hybridized carbons (Fsp3) is 0.194. The number of nitrogens with one attached hydrogen (secondary N) is 1. The van der Waals surface area contributed by atoms with Crippen LogP contribution in [0.1, 0.15) is 21.6 Å². The highest BCUT2D eigenvalue weighted by Crippen LogP contribution is 2.35. The Hall–Kier alpha value is -3.43. The molecule has 0 radical (unpaired) electrons. The number of thioether (sulfide) groups is 1. The molecule has 1 amide bonds. The summed E-state index contributed by atoms with van der Waals surface area (Å²) in [5.41, 5.74) is 4.83. The number of hydrogen-bond acceptors (Lipinski definition) is 6. The SMILES string of the molecule is Cc1ccc(-n2c(SCC(=O)Nc3ccc(Cl)cc3)nc3sc4c(c3c2=O)CCN(Cc2ccccc2)C4)cc1. The molecule has 0 spiro atoms. The molecule has 6 nitrogen and oxygen atoms in total. The molecule has 5 aromatic rings. The predicted octanol–water partition coefficient (Wildman–Crippen LogP) is 6.70. The van der Waals surface area contributed by atoms with Crippen LogP contribution in [0.3, 0.4) is 0 Å². The average molecular weight is 587 g/mol. The van der Waals surface area contributed by atoms with E-state index in [9.17, 15) is 9.59 Å². The van der Waals surface area contributed by atoms with Crippen LogP contribution in [0, 0.1) is 6.92 Å². The Labute approximate surface area is 245 Å². The highest BCUT2D eigenvalue weighted by Gasteiger charge is 2.26. The molecule has 1 aliphatic heterocycles. The lowest BCUT2D eigenvalue weighted by atomic mass is 10.0. The summed E-state index contributed by atoms with van der Waals surface area (Å²) < 4.78 is 1.66. The summed E-state index contributed by atoms with van der Waals surface area (Å²) in [5.74, 6) is -0.0679. The largest absolute Gasteiger partial charge is 0.325 e. The first-order valence-electron chi connectivity index (χ1n) is 13.0. The third-order valence-electron chi connectivity index (χ3n) is 6.92. The molecular weight excluding hydrogens is 560 g/mol. The fourth-order valence-corrected chi connectivity index (χ4v) is 7.17. The topological polar surface area (TPSA) is 67.2 Å². The van der Waals surface area contributed by atoms with Crippen LogP contribution >= 0.6 is 34.7 Å². The van der Waals surface area contributed by atoms with E-state index in [0.717, 1.165) is 47.7 Å². The minimum Gasteiger partial charge on any atom is -0.325 e. The molecule has 202 valence electrons. The molecule has 0 atom stereocenters. The van der Waals surface area contributed by atoms with Crippen molar-refractivity contribution in [3.8, 4) is 5.69 Å². The molecule has 6 rings (SSSR count). The summed E-state index contributed by atoms with van der Waals surface area (Å²) in [6.07, 6.45) is 0.809. The van der Waals surface area contributed by atoms with Gasteiger partial charge in [0.05, 0.1) is 16.8 Å². The van der Waals surface area contributed by atoms with Gasteiger partial charge in [-0.3, -0.25) is 19.1 Å². The van der Waals surface area contributed by atoms with Gasteiger partial charge >= 0.3 is 0 Å². The van der Waals surface area contributed by atoms with Gasteiger partial charge in [-0.1, -0.05) is 71.4 Å². The molecule has 0 unspecified atom stereocenters. The van der Waals surface area contributed by atoms with Crippen LogP contribution in [-0.2, 0) is 24.3 Å². The summed E-state index contributed by atoms with van der Waals surface area (Å²) >= 11 is 8.82. The van der Waals surface area contributed by atoms with Crippen LogP contribution in [0.4, 0.5) is 5.69 Å². The minimum atomic E-state index is -0.181. The summed E-state index contributed by atoms with van der Waals surface area (Å²) in [7, 11) is 0. The molecule has 0 bridgehead atoms. The molecule has 0 saturated carbocycles. The van der Waals surface area contributed by atoms with Crippen molar-refractivity contribution < 1.29 is 4.79 Å². The Balaban J connectivity index is 1.32. The van der Waals surface area contributed by atoms with Gasteiger partial charge in [0, 0.05) is 35.2 Å². The van der Waals surface area contributed by atoms with Crippen molar-refractivity contribution in [3.63, 3.8) is 0 Å². The molecule has 0 fully saturated rings. The van der Waals surface area contributed by atoms with Crippen molar-refractivity contribution in [2.24, 2.45) is 0 Å². The number of thiophene rings is 1. The molecule has 0 saturated heterocycles. The number of amides is 1. The van der Waals surface area contributed by atoms with Crippen molar-refractivity contribution in [3.05, 3.63) is 116 Å². The highest BCUT2D eigenvalue weighted by molar-refractivity contribution is 7.99. The summed E-state index contributed by atoms with van der Waals surface area (Å²) in [6, 6.07) is 25.3. The number of fused-ring (bicyclic) bond motifs is 3. The number of carbonyl (C=O) groups is 1. The molecule has 1 aliphatic rings. The predicted molar refractivity (Wildman–Crippen MR) is 165 cm³/mol. The van der Waals surface area contributed by atoms with E-state index < -0.39 is 0 Å². The third kappa shape index (κ3) is 5.71. The average Bonchev–Trinajstić information content (AvgIpc) is 3.32. The first kappa shape index (κ1) is 26.8. The van der Waals surface area contributed by atoms with Gasteiger partial charge in [-0.2, -0.15) is 0 Å². The number of aryl methyl sites for hydroxylation is 1. The first-order chi connectivity index (χ1) is 19.4. The number of nitrogens with zero attached hydrogens (tertiary/aromatic N) is 3. The van der Waals surface area contributed by atoms with Crippen LogP contribution in [0.15, 0.2) is 88.8 Å². The van der Waals surface area contributed by atoms with E-state index >= 15 is 0 Å². The monoisotopic (exact) mass is 586 g/mol. The first-order valence-corrected chi connectivity index (χ1v) is 15.2. The normalized spacial score (nSPS) is 13.3. The second kappa shape index (κ2) is 11.6. The molecule has 40 heavy (non-hydrogen) atoms. The maximum Gasteiger partial charge on any atom is 0.267 e. The van der Waals surface area contributed by atoms with E-state index in [4.69, 9.17) is 16.6 Å². The van der Waals surface area contributed by atoms with Gasteiger partial charge in [0.25, 0.3) is 5.56 Å². The number of hydrogen-bond donors (Lipinski definition) is 1. The fourth-order valence-electron chi connectivity index (χ4n) is 4.93. The molecule has 0 aliphatic carbocycles. The maximum absolute atomic E-state index is 14.1. The zero-order valence-corrected chi connectivity index (χ0v) is 24.3. The van der Waals surface area contributed by atoms with Gasteiger partial charge in [-0.15, -0.1) is 11.3 Å². The number of aromatic nitrogens is 2. The molecule has 2 aromatic heterocycles. The van der Waals surface area contributed by atoms with Crippen molar-refractivity contribution in [2.45, 2.75) is 31.6 Å². The number of rotatable bonds is 7. The summed E-state index contributed by atoms with van der Waals surface area (Å²) in [5, 5.41) is 4.70. The van der Waals surface area contributed by atoms with Gasteiger partial charge in [0.15, 0.2) is 5.16 Å². The smallest absolute Gasteiger partial charge is 0.267 e. The van der Waals surface area contributed by atoms with E-state index in [1.54, 1.807) is 40.2 Å². The van der Waals surface area contributed by atoms with Crippen LogP contribution in [0.25, 0.3) is 15.9 Å². The molecule has 3 aromatic carbocycles.